The summed E-state index contributed by atoms with van der Waals surface area (Å²) < 4.78 is 5.13. The Labute approximate surface area is 202 Å². The van der Waals surface area contributed by atoms with Gasteiger partial charge < -0.3 is 20.3 Å². The zero-order chi connectivity index (χ0) is 24.0. The molecule has 1 saturated heterocycles. The largest absolute Gasteiger partial charge is 0.497 e. The number of amides is 3. The summed E-state index contributed by atoms with van der Waals surface area (Å²) in [5.74, 6) is -0.0853. The van der Waals surface area contributed by atoms with Crippen LogP contribution < -0.4 is 20.3 Å². The summed E-state index contributed by atoms with van der Waals surface area (Å²) in [6.45, 7) is 2.04. The molecule has 2 aromatic carbocycles. The van der Waals surface area contributed by atoms with Crippen molar-refractivity contribution in [2.24, 2.45) is 0 Å². The van der Waals surface area contributed by atoms with Crippen LogP contribution in [0.25, 0.3) is 0 Å². The van der Waals surface area contributed by atoms with E-state index in [1.54, 1.807) is 48.0 Å². The molecular weight excluding hydrogens is 460 g/mol. The van der Waals surface area contributed by atoms with Crippen LogP contribution in [0.15, 0.2) is 53.4 Å². The first-order valence-electron chi connectivity index (χ1n) is 10.3. The molecule has 0 unspecified atom stereocenters. The van der Waals surface area contributed by atoms with Crippen LogP contribution in [0.5, 0.6) is 5.75 Å². The molecule has 174 valence electrons. The van der Waals surface area contributed by atoms with Crippen LogP contribution in [0.2, 0.25) is 0 Å². The Hall–Kier alpha value is -3.11. The van der Waals surface area contributed by atoms with Crippen molar-refractivity contribution >= 4 is 58.2 Å². The molecule has 0 radical (unpaired) electrons. The van der Waals surface area contributed by atoms with Gasteiger partial charge in [-0.1, -0.05) is 6.07 Å². The minimum Gasteiger partial charge on any atom is -0.497 e. The van der Waals surface area contributed by atoms with Gasteiger partial charge in [-0.25, -0.2) is 0 Å². The molecule has 0 bridgehead atoms. The maximum atomic E-state index is 13.4. The van der Waals surface area contributed by atoms with Gasteiger partial charge in [0, 0.05) is 30.6 Å². The molecular formula is C23H26N4O4S2. The number of nitrogens with zero attached hydrogens (tertiary/aromatic N) is 2. The number of hydrogen-bond acceptors (Lipinski definition) is 6. The van der Waals surface area contributed by atoms with Gasteiger partial charge in [0.15, 0.2) is 5.11 Å². The fourth-order valence-corrected chi connectivity index (χ4v) is 4.36. The summed E-state index contributed by atoms with van der Waals surface area (Å²) in [5, 5.41) is 5.85. The Morgan fingerprint density at radius 1 is 1.18 bits per heavy atom. The smallest absolute Gasteiger partial charge is 0.256 e. The van der Waals surface area contributed by atoms with Crippen LogP contribution in [-0.4, -0.2) is 60.2 Å². The average molecular weight is 487 g/mol. The van der Waals surface area contributed by atoms with Crippen molar-refractivity contribution in [2.45, 2.75) is 24.3 Å². The summed E-state index contributed by atoms with van der Waals surface area (Å²) in [5.41, 5.74) is 1.25. The molecule has 1 atom stereocenters. The normalized spacial score (nSPS) is 15.5. The third-order valence-corrected chi connectivity index (χ3v) is 6.25. The van der Waals surface area contributed by atoms with Gasteiger partial charge in [0.05, 0.1) is 19.2 Å². The SMILES string of the molecule is COc1ccc(NC(=O)C[C@H]2C(=O)N(c3cccc(SC)c3)C(=S)N2CCNC(C)=O)cc1. The minimum absolute atomic E-state index is 0.0796. The van der Waals surface area contributed by atoms with Crippen LogP contribution in [0.4, 0.5) is 11.4 Å². The van der Waals surface area contributed by atoms with Gasteiger partial charge >= 0.3 is 0 Å². The summed E-state index contributed by atoms with van der Waals surface area (Å²) in [7, 11) is 1.57. The number of thiocarbonyl (C=S) groups is 1. The van der Waals surface area contributed by atoms with Gasteiger partial charge in [-0.15, -0.1) is 11.8 Å². The molecule has 0 aliphatic carbocycles. The maximum absolute atomic E-state index is 13.4. The third-order valence-electron chi connectivity index (χ3n) is 5.11. The predicted octanol–water partition coefficient (Wildman–Crippen LogP) is 2.88. The number of hydrogen-bond donors (Lipinski definition) is 2. The molecule has 3 amide bonds. The Bertz CT molecular complexity index is 1050. The summed E-state index contributed by atoms with van der Waals surface area (Å²) in [6, 6.07) is 13.7. The second kappa shape index (κ2) is 11.2. The zero-order valence-corrected chi connectivity index (χ0v) is 20.3. The van der Waals surface area contributed by atoms with Crippen molar-refractivity contribution in [3.05, 3.63) is 48.5 Å². The number of thioether (sulfide) groups is 1. The van der Waals surface area contributed by atoms with Gasteiger partial charge in [-0.2, -0.15) is 0 Å². The predicted molar refractivity (Wildman–Crippen MR) is 134 cm³/mol. The molecule has 33 heavy (non-hydrogen) atoms. The highest BCUT2D eigenvalue weighted by atomic mass is 32.2. The summed E-state index contributed by atoms with van der Waals surface area (Å²) in [4.78, 5) is 41.7. The van der Waals surface area contributed by atoms with E-state index in [1.165, 1.54) is 11.8 Å². The Morgan fingerprint density at radius 3 is 2.55 bits per heavy atom. The molecule has 1 fully saturated rings. The van der Waals surface area contributed by atoms with Gasteiger partial charge in [0.1, 0.15) is 11.8 Å². The van der Waals surface area contributed by atoms with E-state index < -0.39 is 6.04 Å². The van der Waals surface area contributed by atoms with Crippen LogP contribution in [0.1, 0.15) is 13.3 Å². The second-order valence-electron chi connectivity index (χ2n) is 7.33. The lowest BCUT2D eigenvalue weighted by Crippen LogP contribution is -2.42. The van der Waals surface area contributed by atoms with Crippen molar-refractivity contribution < 1.29 is 19.1 Å². The number of rotatable bonds is 9. The van der Waals surface area contributed by atoms with Crippen molar-refractivity contribution in [3.8, 4) is 5.75 Å². The van der Waals surface area contributed by atoms with Crippen LogP contribution in [0.3, 0.4) is 0 Å². The Balaban J connectivity index is 1.80. The number of carbonyl (C=O) groups excluding carboxylic acids is 3. The summed E-state index contributed by atoms with van der Waals surface area (Å²) in [6.07, 6.45) is 1.87. The van der Waals surface area contributed by atoms with E-state index in [4.69, 9.17) is 17.0 Å². The van der Waals surface area contributed by atoms with Crippen molar-refractivity contribution in [3.63, 3.8) is 0 Å². The van der Waals surface area contributed by atoms with Gasteiger partial charge in [0.2, 0.25) is 11.8 Å². The van der Waals surface area contributed by atoms with Crippen molar-refractivity contribution in [2.75, 3.05) is 36.7 Å². The van der Waals surface area contributed by atoms with Gasteiger partial charge in [-0.3, -0.25) is 19.3 Å². The van der Waals surface area contributed by atoms with E-state index >= 15 is 0 Å². The first-order valence-corrected chi connectivity index (χ1v) is 11.9. The molecule has 1 aliphatic heterocycles. The highest BCUT2D eigenvalue weighted by Gasteiger charge is 2.44. The quantitative estimate of drug-likeness (QED) is 0.416. The second-order valence-corrected chi connectivity index (χ2v) is 8.58. The van der Waals surface area contributed by atoms with E-state index in [9.17, 15) is 14.4 Å². The zero-order valence-electron chi connectivity index (χ0n) is 18.7. The number of carbonyl (C=O) groups is 3. The monoisotopic (exact) mass is 486 g/mol. The lowest BCUT2D eigenvalue weighted by molar-refractivity contribution is -0.124. The molecule has 0 aromatic heterocycles. The average Bonchev–Trinajstić information content (AvgIpc) is 3.03. The highest BCUT2D eigenvalue weighted by molar-refractivity contribution is 7.98. The molecule has 2 N–H and O–H groups in total. The molecule has 1 aliphatic rings. The fourth-order valence-electron chi connectivity index (χ4n) is 3.49. The number of ether oxygens (including phenoxy) is 1. The third kappa shape index (κ3) is 6.02. The lowest BCUT2D eigenvalue weighted by Gasteiger charge is -2.24. The first-order chi connectivity index (χ1) is 15.8. The number of nitrogens with one attached hydrogen (secondary N) is 2. The number of anilines is 2. The molecule has 2 aromatic rings. The van der Waals surface area contributed by atoms with E-state index in [-0.39, 0.29) is 24.1 Å². The molecule has 10 heteroatoms. The van der Waals surface area contributed by atoms with Crippen LogP contribution in [0, 0.1) is 0 Å². The van der Waals surface area contributed by atoms with E-state index in [0.29, 0.717) is 35.3 Å². The molecule has 1 heterocycles. The topological polar surface area (TPSA) is 91.0 Å². The minimum atomic E-state index is -0.776. The van der Waals surface area contributed by atoms with Gasteiger partial charge in [-0.05, 0) is 60.9 Å². The molecule has 3 rings (SSSR count). The number of methoxy groups -OCH3 is 1. The number of benzene rings is 2. The Morgan fingerprint density at radius 2 is 1.91 bits per heavy atom. The van der Waals surface area contributed by atoms with E-state index in [2.05, 4.69) is 10.6 Å². The van der Waals surface area contributed by atoms with Crippen LogP contribution >= 0.6 is 24.0 Å². The van der Waals surface area contributed by atoms with Crippen molar-refractivity contribution in [1.29, 1.82) is 0 Å². The van der Waals surface area contributed by atoms with Crippen LogP contribution in [-0.2, 0) is 14.4 Å². The highest BCUT2D eigenvalue weighted by Crippen LogP contribution is 2.30. The van der Waals surface area contributed by atoms with Crippen molar-refractivity contribution in [1.82, 2.24) is 10.2 Å². The molecule has 8 nitrogen and oxygen atoms in total. The summed E-state index contributed by atoms with van der Waals surface area (Å²) >= 11 is 7.19. The first kappa shape index (κ1) is 24.5. The standard InChI is InChI=1S/C23H26N4O4S2/c1-15(28)24-11-12-26-20(14-21(29)25-16-7-9-18(31-2)10-8-16)22(30)27(23(26)32)17-5-4-6-19(13-17)33-3/h4-10,13,20H,11-12,14H2,1-3H3,(H,24,28)(H,25,29)/t20-/m0/s1. The fraction of sp³-hybridized carbons (Fsp3) is 0.304. The van der Waals surface area contributed by atoms with Gasteiger partial charge in [0.25, 0.3) is 5.91 Å². The molecule has 0 spiro atoms. The maximum Gasteiger partial charge on any atom is 0.256 e. The Kier molecular flexibility index (Phi) is 8.29. The molecule has 0 saturated carbocycles. The lowest BCUT2D eigenvalue weighted by atomic mass is 10.1. The van der Waals surface area contributed by atoms with E-state index in [0.717, 1.165) is 4.90 Å². The van der Waals surface area contributed by atoms with E-state index in [1.807, 2.05) is 30.5 Å².